The molecule has 0 fully saturated rings. The Kier molecular flexibility index (Phi) is 5.81. The fourth-order valence-electron chi connectivity index (χ4n) is 2.89. The monoisotopic (exact) mass is 350 g/mol. The molecule has 0 bridgehead atoms. The molecule has 1 heterocycles. The van der Waals surface area contributed by atoms with Crippen LogP contribution < -0.4 is 5.73 Å². The number of benzene rings is 2. The number of hydrogen-bond acceptors (Lipinski definition) is 5. The van der Waals surface area contributed by atoms with Crippen molar-refractivity contribution in [1.82, 2.24) is 15.0 Å². The zero-order valence-corrected chi connectivity index (χ0v) is 15.6. The van der Waals surface area contributed by atoms with Gasteiger partial charge in [0.25, 0.3) is 5.89 Å². The molecular formula is C21H26N4O. The van der Waals surface area contributed by atoms with Gasteiger partial charge in [-0.15, -0.1) is 0 Å². The molecular weight excluding hydrogens is 324 g/mol. The lowest BCUT2D eigenvalue weighted by Gasteiger charge is -2.24. The van der Waals surface area contributed by atoms with E-state index in [-0.39, 0.29) is 0 Å². The van der Waals surface area contributed by atoms with Gasteiger partial charge in [-0.25, -0.2) is 0 Å². The van der Waals surface area contributed by atoms with Crippen LogP contribution in [0.3, 0.4) is 0 Å². The van der Waals surface area contributed by atoms with Crippen LogP contribution in [-0.2, 0) is 13.1 Å². The largest absolute Gasteiger partial charge is 0.334 e. The molecule has 0 spiro atoms. The van der Waals surface area contributed by atoms with Gasteiger partial charge in [0.05, 0.1) is 0 Å². The predicted molar refractivity (Wildman–Crippen MR) is 104 cm³/mol. The van der Waals surface area contributed by atoms with E-state index in [0.29, 0.717) is 24.3 Å². The zero-order chi connectivity index (χ0) is 18.5. The Morgan fingerprint density at radius 3 is 2.15 bits per heavy atom. The third kappa shape index (κ3) is 4.18. The third-order valence-corrected chi connectivity index (χ3v) is 4.60. The first-order valence-corrected chi connectivity index (χ1v) is 9.07. The lowest BCUT2D eigenvalue weighted by molar-refractivity contribution is 0.225. The molecule has 5 nitrogen and oxygen atoms in total. The molecule has 0 amide bonds. The van der Waals surface area contributed by atoms with E-state index in [1.165, 1.54) is 5.56 Å². The minimum Gasteiger partial charge on any atom is -0.334 e. The maximum atomic E-state index is 5.63. The van der Waals surface area contributed by atoms with E-state index in [1.807, 2.05) is 36.4 Å². The summed E-state index contributed by atoms with van der Waals surface area (Å²) in [4.78, 5) is 6.94. The Morgan fingerprint density at radius 2 is 1.58 bits per heavy atom. The number of hydrogen-bond donors (Lipinski definition) is 1. The molecule has 0 radical (unpaired) electrons. The van der Waals surface area contributed by atoms with Gasteiger partial charge in [-0.1, -0.05) is 48.5 Å². The van der Waals surface area contributed by atoms with Crippen LogP contribution in [0.4, 0.5) is 0 Å². The van der Waals surface area contributed by atoms with Crippen molar-refractivity contribution in [2.75, 3.05) is 6.54 Å². The number of aromatic nitrogens is 2. The summed E-state index contributed by atoms with van der Waals surface area (Å²) in [6.07, 6.45) is 0. The molecule has 5 heteroatoms. The summed E-state index contributed by atoms with van der Waals surface area (Å²) in [5, 5.41) is 4.10. The Hall–Kier alpha value is -2.50. The van der Waals surface area contributed by atoms with Crippen molar-refractivity contribution in [3.63, 3.8) is 0 Å². The molecule has 1 aromatic heterocycles. The van der Waals surface area contributed by atoms with E-state index in [9.17, 15) is 0 Å². The van der Waals surface area contributed by atoms with Crippen LogP contribution >= 0.6 is 0 Å². The minimum absolute atomic E-state index is 0.524. The summed E-state index contributed by atoms with van der Waals surface area (Å²) in [6, 6.07) is 16.7. The standard InChI is InChI=1S/C21H26N4O/c1-4-25(15(2)3)14-17-7-11-19(12-8-17)21-23-20(24-26-21)18-9-5-16(13-22)6-10-18/h5-12,15H,4,13-14,22H2,1-3H3. The smallest absolute Gasteiger partial charge is 0.258 e. The average molecular weight is 350 g/mol. The van der Waals surface area contributed by atoms with Gasteiger partial charge in [0.15, 0.2) is 0 Å². The Labute approximate surface area is 154 Å². The molecule has 2 N–H and O–H groups in total. The van der Waals surface area contributed by atoms with Gasteiger partial charge in [0.1, 0.15) is 0 Å². The molecule has 3 aromatic rings. The highest BCUT2D eigenvalue weighted by Gasteiger charge is 2.12. The fraction of sp³-hybridized carbons (Fsp3) is 0.333. The molecule has 0 saturated carbocycles. The predicted octanol–water partition coefficient (Wildman–Crippen LogP) is 4.09. The molecule has 3 rings (SSSR count). The van der Waals surface area contributed by atoms with E-state index in [1.54, 1.807) is 0 Å². The van der Waals surface area contributed by atoms with Crippen molar-refractivity contribution >= 4 is 0 Å². The minimum atomic E-state index is 0.524. The fourth-order valence-corrected chi connectivity index (χ4v) is 2.89. The van der Waals surface area contributed by atoms with Crippen LogP contribution in [0, 0.1) is 0 Å². The summed E-state index contributed by atoms with van der Waals surface area (Å²) in [6.45, 7) is 9.13. The normalized spacial score (nSPS) is 11.5. The molecule has 136 valence electrons. The van der Waals surface area contributed by atoms with Crippen LogP contribution in [0.25, 0.3) is 22.8 Å². The van der Waals surface area contributed by atoms with Crippen LogP contribution in [0.5, 0.6) is 0 Å². The highest BCUT2D eigenvalue weighted by molar-refractivity contribution is 5.60. The first-order valence-electron chi connectivity index (χ1n) is 9.07. The van der Waals surface area contributed by atoms with Crippen molar-refractivity contribution < 1.29 is 4.52 Å². The molecule has 0 aliphatic carbocycles. The maximum Gasteiger partial charge on any atom is 0.258 e. The van der Waals surface area contributed by atoms with Gasteiger partial charge >= 0.3 is 0 Å². The average Bonchev–Trinajstić information content (AvgIpc) is 3.16. The van der Waals surface area contributed by atoms with Gasteiger partial charge in [-0.2, -0.15) is 4.98 Å². The van der Waals surface area contributed by atoms with Gasteiger partial charge in [0.2, 0.25) is 5.82 Å². The van der Waals surface area contributed by atoms with Crippen molar-refractivity contribution in [1.29, 1.82) is 0 Å². The van der Waals surface area contributed by atoms with Crippen molar-refractivity contribution in [2.45, 2.75) is 39.9 Å². The number of nitrogens with zero attached hydrogens (tertiary/aromatic N) is 3. The van der Waals surface area contributed by atoms with Crippen LogP contribution in [-0.4, -0.2) is 27.6 Å². The first-order chi connectivity index (χ1) is 12.6. The molecule has 0 atom stereocenters. The highest BCUT2D eigenvalue weighted by atomic mass is 16.5. The van der Waals surface area contributed by atoms with E-state index in [2.05, 4.69) is 47.9 Å². The van der Waals surface area contributed by atoms with E-state index in [0.717, 1.165) is 29.8 Å². The number of nitrogens with two attached hydrogens (primary N) is 1. The van der Waals surface area contributed by atoms with Crippen LogP contribution in [0.1, 0.15) is 31.9 Å². The second-order valence-electron chi connectivity index (χ2n) is 6.68. The van der Waals surface area contributed by atoms with E-state index in [4.69, 9.17) is 10.3 Å². The molecule has 0 unspecified atom stereocenters. The Balaban J connectivity index is 1.74. The lowest BCUT2D eigenvalue weighted by atomic mass is 10.1. The summed E-state index contributed by atoms with van der Waals surface area (Å²) in [5.41, 5.74) is 9.84. The van der Waals surface area contributed by atoms with Crippen molar-refractivity contribution in [3.05, 3.63) is 59.7 Å². The summed E-state index contributed by atoms with van der Waals surface area (Å²) in [7, 11) is 0. The third-order valence-electron chi connectivity index (χ3n) is 4.60. The number of rotatable bonds is 7. The van der Waals surface area contributed by atoms with Crippen molar-refractivity contribution in [2.24, 2.45) is 5.73 Å². The summed E-state index contributed by atoms with van der Waals surface area (Å²) >= 11 is 0. The second-order valence-corrected chi connectivity index (χ2v) is 6.68. The van der Waals surface area contributed by atoms with Gasteiger partial charge in [-0.3, -0.25) is 4.90 Å². The molecule has 2 aromatic carbocycles. The molecule has 0 aliphatic rings. The van der Waals surface area contributed by atoms with Crippen LogP contribution in [0.15, 0.2) is 53.1 Å². The SMILES string of the molecule is CCN(Cc1ccc(-c2nc(-c3ccc(CN)cc3)no2)cc1)C(C)C. The molecule has 0 saturated heterocycles. The summed E-state index contributed by atoms with van der Waals surface area (Å²) < 4.78 is 5.45. The van der Waals surface area contributed by atoms with E-state index < -0.39 is 0 Å². The maximum absolute atomic E-state index is 5.63. The van der Waals surface area contributed by atoms with Gasteiger partial charge in [-0.05, 0) is 43.7 Å². The summed E-state index contributed by atoms with van der Waals surface area (Å²) in [5.74, 6) is 1.12. The van der Waals surface area contributed by atoms with E-state index >= 15 is 0 Å². The zero-order valence-electron chi connectivity index (χ0n) is 15.6. The quantitative estimate of drug-likeness (QED) is 0.695. The molecule has 0 aliphatic heterocycles. The Morgan fingerprint density at radius 1 is 0.962 bits per heavy atom. The highest BCUT2D eigenvalue weighted by Crippen LogP contribution is 2.23. The Bertz CT molecular complexity index is 822. The lowest BCUT2D eigenvalue weighted by Crippen LogP contribution is -2.29. The topological polar surface area (TPSA) is 68.2 Å². The van der Waals surface area contributed by atoms with Crippen molar-refractivity contribution in [3.8, 4) is 22.8 Å². The second kappa shape index (κ2) is 8.25. The first kappa shape index (κ1) is 18.3. The molecule has 26 heavy (non-hydrogen) atoms. The van der Waals surface area contributed by atoms with Gasteiger partial charge < -0.3 is 10.3 Å². The van der Waals surface area contributed by atoms with Gasteiger partial charge in [0, 0.05) is 30.3 Å². The van der Waals surface area contributed by atoms with Crippen LogP contribution in [0.2, 0.25) is 0 Å².